The van der Waals surface area contributed by atoms with Crippen LogP contribution >= 0.6 is 34.7 Å². The molecule has 1 aliphatic rings. The summed E-state index contributed by atoms with van der Waals surface area (Å²) in [7, 11) is 0. The Morgan fingerprint density at radius 3 is 1.78 bits per heavy atom. The third-order valence-corrected chi connectivity index (χ3v) is 11.4. The maximum atomic E-state index is 7.71. The van der Waals surface area contributed by atoms with E-state index in [-0.39, 0.29) is 0 Å². The zero-order valence-electron chi connectivity index (χ0n) is 26.9. The van der Waals surface area contributed by atoms with Crippen molar-refractivity contribution in [2.24, 2.45) is 0 Å². The van der Waals surface area contributed by atoms with Crippen LogP contribution in [0.1, 0.15) is 0 Å². The standard InChI is InChI=1S/C44H30ClN3S2/c45-44-38(47(32-17-5-2-6-18-32)40-30-49-41-26-10-7-21-35(40)41)24-14-25-39(44)48-34-20-13-19-33(29-34)46(31-15-3-1-4-16-31)36-22-8-11-27-42(36)50-43-28-12-9-23-37(43)48/h1-30H. The number of thiophene rings is 1. The quantitative estimate of drug-likeness (QED) is 0.177. The Labute approximate surface area is 305 Å². The van der Waals surface area contributed by atoms with Crippen LogP contribution in [-0.4, -0.2) is 0 Å². The number of halogens is 1. The molecular weight excluding hydrogens is 670 g/mol. The fraction of sp³-hybridized carbons (Fsp3) is 0. The number of hydrogen-bond donors (Lipinski definition) is 0. The highest BCUT2D eigenvalue weighted by Crippen LogP contribution is 2.53. The second kappa shape index (κ2) is 13.1. The van der Waals surface area contributed by atoms with Crippen LogP contribution in [0.4, 0.5) is 51.2 Å². The summed E-state index contributed by atoms with van der Waals surface area (Å²) in [5, 5.41) is 4.08. The number of anilines is 9. The van der Waals surface area contributed by atoms with E-state index in [1.807, 2.05) is 0 Å². The molecule has 3 nitrogen and oxygen atoms in total. The van der Waals surface area contributed by atoms with Gasteiger partial charge in [0.15, 0.2) is 0 Å². The third kappa shape index (κ3) is 5.40. The average Bonchev–Trinajstić information content (AvgIpc) is 3.59. The van der Waals surface area contributed by atoms with Crippen molar-refractivity contribution in [1.82, 2.24) is 0 Å². The fourth-order valence-corrected chi connectivity index (χ4v) is 9.01. The summed E-state index contributed by atoms with van der Waals surface area (Å²) in [6.45, 7) is 0. The maximum Gasteiger partial charge on any atom is 0.0887 e. The van der Waals surface area contributed by atoms with Gasteiger partial charge in [0.05, 0.1) is 33.5 Å². The lowest BCUT2D eigenvalue weighted by Gasteiger charge is -2.34. The van der Waals surface area contributed by atoms with E-state index >= 15 is 0 Å². The van der Waals surface area contributed by atoms with Crippen molar-refractivity contribution in [3.8, 4) is 0 Å². The lowest BCUT2D eigenvalue weighted by Crippen LogP contribution is -2.16. The van der Waals surface area contributed by atoms with Crippen molar-refractivity contribution in [3.05, 3.63) is 186 Å². The minimum atomic E-state index is 0.661. The number of rotatable bonds is 5. The molecule has 2 heterocycles. The number of para-hydroxylation sites is 4. The van der Waals surface area contributed by atoms with Crippen LogP contribution in [0, 0.1) is 0 Å². The van der Waals surface area contributed by atoms with Crippen LogP contribution in [0.2, 0.25) is 5.02 Å². The second-order valence-electron chi connectivity index (χ2n) is 12.0. The van der Waals surface area contributed by atoms with E-state index in [4.69, 9.17) is 11.6 Å². The summed E-state index contributed by atoms with van der Waals surface area (Å²) in [6.07, 6.45) is 0. The third-order valence-electron chi connectivity index (χ3n) is 8.95. The maximum absolute atomic E-state index is 7.71. The highest BCUT2D eigenvalue weighted by Gasteiger charge is 2.27. The van der Waals surface area contributed by atoms with E-state index < -0.39 is 0 Å². The molecule has 50 heavy (non-hydrogen) atoms. The minimum absolute atomic E-state index is 0.661. The number of nitrogens with zero attached hydrogens (tertiary/aromatic N) is 3. The lowest BCUT2D eigenvalue weighted by atomic mass is 10.1. The molecule has 0 fully saturated rings. The van der Waals surface area contributed by atoms with Gasteiger partial charge >= 0.3 is 0 Å². The topological polar surface area (TPSA) is 9.72 Å². The van der Waals surface area contributed by atoms with E-state index in [1.54, 1.807) is 23.1 Å². The molecule has 0 atom stereocenters. The van der Waals surface area contributed by atoms with Gasteiger partial charge in [0.25, 0.3) is 0 Å². The van der Waals surface area contributed by atoms with E-state index in [9.17, 15) is 0 Å². The zero-order valence-corrected chi connectivity index (χ0v) is 29.2. The molecule has 2 bridgehead atoms. The number of benzene rings is 7. The molecule has 0 amide bonds. The molecule has 0 spiro atoms. The van der Waals surface area contributed by atoms with Crippen LogP contribution in [0.5, 0.6) is 0 Å². The second-order valence-corrected chi connectivity index (χ2v) is 14.3. The molecule has 1 aromatic heterocycles. The smallest absolute Gasteiger partial charge is 0.0887 e. The first-order chi connectivity index (χ1) is 24.7. The van der Waals surface area contributed by atoms with Crippen molar-refractivity contribution >= 4 is 96.0 Å². The van der Waals surface area contributed by atoms with Crippen molar-refractivity contribution < 1.29 is 0 Å². The highest BCUT2D eigenvalue weighted by molar-refractivity contribution is 7.99. The predicted molar refractivity (Wildman–Crippen MR) is 215 cm³/mol. The molecule has 9 rings (SSSR count). The van der Waals surface area contributed by atoms with Crippen LogP contribution in [-0.2, 0) is 0 Å². The Hall–Kier alpha value is -5.46. The molecule has 0 unspecified atom stereocenters. The monoisotopic (exact) mass is 699 g/mol. The van der Waals surface area contributed by atoms with Crippen LogP contribution in [0.25, 0.3) is 10.1 Å². The van der Waals surface area contributed by atoms with Gasteiger partial charge < -0.3 is 14.7 Å². The SMILES string of the molecule is Clc1c(N2c3cccc(c3)N(c3ccccc3)c3ccccc3Sc3ccccc32)cccc1N(c1ccccc1)c1csc2ccccc12. The molecule has 0 aliphatic carbocycles. The first kappa shape index (κ1) is 30.6. The summed E-state index contributed by atoms with van der Waals surface area (Å²) >= 11 is 11.2. The van der Waals surface area contributed by atoms with Gasteiger partial charge in [-0.1, -0.05) is 114 Å². The van der Waals surface area contributed by atoms with Crippen LogP contribution < -0.4 is 14.7 Å². The van der Waals surface area contributed by atoms with E-state index in [0.29, 0.717) is 5.02 Å². The zero-order chi connectivity index (χ0) is 33.4. The van der Waals surface area contributed by atoms with Crippen LogP contribution in [0.15, 0.2) is 191 Å². The molecule has 0 N–H and O–H groups in total. The summed E-state index contributed by atoms with van der Waals surface area (Å²) in [4.78, 5) is 9.23. The van der Waals surface area contributed by atoms with Gasteiger partial charge in [-0.2, -0.15) is 0 Å². The van der Waals surface area contributed by atoms with Gasteiger partial charge in [-0.15, -0.1) is 11.3 Å². The number of hydrogen-bond acceptors (Lipinski definition) is 5. The van der Waals surface area contributed by atoms with E-state index in [2.05, 4.69) is 196 Å². The fourth-order valence-electron chi connectivity index (χ4n) is 6.73. The van der Waals surface area contributed by atoms with Gasteiger partial charge in [0.1, 0.15) is 0 Å². The first-order valence-corrected chi connectivity index (χ1v) is 18.5. The Morgan fingerprint density at radius 2 is 1.02 bits per heavy atom. The van der Waals surface area contributed by atoms with E-state index in [0.717, 1.165) is 61.0 Å². The molecule has 8 aromatic rings. The van der Waals surface area contributed by atoms with Crippen molar-refractivity contribution in [2.45, 2.75) is 9.79 Å². The molecule has 1 aliphatic heterocycles. The lowest BCUT2D eigenvalue weighted by molar-refractivity contribution is 1.18. The summed E-state index contributed by atoms with van der Waals surface area (Å²) in [5.74, 6) is 0. The summed E-state index contributed by atoms with van der Waals surface area (Å²) < 4.78 is 1.23. The molecule has 0 saturated heterocycles. The average molecular weight is 700 g/mol. The highest BCUT2D eigenvalue weighted by atomic mass is 35.5. The minimum Gasteiger partial charge on any atom is -0.309 e. The molecular formula is C44H30ClN3S2. The summed E-state index contributed by atoms with van der Waals surface area (Å²) in [5.41, 5.74) is 9.32. The van der Waals surface area contributed by atoms with Gasteiger partial charge in [-0.25, -0.2) is 0 Å². The first-order valence-electron chi connectivity index (χ1n) is 16.5. The summed E-state index contributed by atoms with van der Waals surface area (Å²) in [6, 6.07) is 62.0. The van der Waals surface area contributed by atoms with Gasteiger partial charge in [0, 0.05) is 48.0 Å². The van der Waals surface area contributed by atoms with Crippen molar-refractivity contribution in [3.63, 3.8) is 0 Å². The Kier molecular flexibility index (Phi) is 8.02. The predicted octanol–water partition coefficient (Wildman–Crippen LogP) is 14.4. The van der Waals surface area contributed by atoms with Crippen LogP contribution in [0.3, 0.4) is 0 Å². The van der Waals surface area contributed by atoms with Gasteiger partial charge in [-0.05, 0) is 84.9 Å². The molecule has 240 valence electrons. The molecule has 0 saturated carbocycles. The molecule has 0 radical (unpaired) electrons. The number of fused-ring (bicyclic) bond motifs is 5. The van der Waals surface area contributed by atoms with Crippen molar-refractivity contribution in [1.29, 1.82) is 0 Å². The van der Waals surface area contributed by atoms with Gasteiger partial charge in [-0.3, -0.25) is 0 Å². The van der Waals surface area contributed by atoms with Crippen molar-refractivity contribution in [2.75, 3.05) is 14.7 Å². The van der Waals surface area contributed by atoms with Gasteiger partial charge in [0.2, 0.25) is 0 Å². The largest absolute Gasteiger partial charge is 0.309 e. The Balaban J connectivity index is 1.28. The normalized spacial score (nSPS) is 12.3. The Bertz CT molecular complexity index is 2460. The molecule has 6 heteroatoms. The van der Waals surface area contributed by atoms with E-state index in [1.165, 1.54) is 10.1 Å². The molecule has 7 aromatic carbocycles. The Morgan fingerprint density at radius 1 is 0.460 bits per heavy atom.